The molecule has 0 saturated carbocycles. The van der Waals surface area contributed by atoms with Crippen LogP contribution in [0.3, 0.4) is 0 Å². The smallest absolute Gasteiger partial charge is 0.244 e. The molecule has 1 saturated heterocycles. The van der Waals surface area contributed by atoms with Gasteiger partial charge >= 0.3 is 0 Å². The van der Waals surface area contributed by atoms with Crippen LogP contribution in [0.4, 0.5) is 5.69 Å². The summed E-state index contributed by atoms with van der Waals surface area (Å²) in [6, 6.07) is 9.19. The van der Waals surface area contributed by atoms with Gasteiger partial charge in [0.1, 0.15) is 0 Å². The Morgan fingerprint density at radius 3 is 2.32 bits per heavy atom. The van der Waals surface area contributed by atoms with E-state index in [4.69, 9.17) is 0 Å². The van der Waals surface area contributed by atoms with Gasteiger partial charge in [-0.1, -0.05) is 26.8 Å². The first-order valence-corrected chi connectivity index (χ1v) is 14.0. The van der Waals surface area contributed by atoms with Crippen LogP contribution in [-0.4, -0.2) is 53.0 Å². The van der Waals surface area contributed by atoms with Gasteiger partial charge in [-0.25, -0.2) is 25.9 Å². The molecule has 1 amide bonds. The van der Waals surface area contributed by atoms with Gasteiger partial charge in [0.15, 0.2) is 0 Å². The highest BCUT2D eigenvalue weighted by Crippen LogP contribution is 2.29. The first kappa shape index (κ1) is 23.9. The molecule has 1 aromatic heterocycles. The zero-order chi connectivity index (χ0) is 22.8. The second kappa shape index (κ2) is 9.37. The maximum Gasteiger partial charge on any atom is 0.244 e. The van der Waals surface area contributed by atoms with Crippen LogP contribution in [0.1, 0.15) is 31.7 Å². The van der Waals surface area contributed by atoms with Crippen molar-refractivity contribution in [1.82, 2.24) is 9.62 Å². The molecule has 2 heterocycles. The van der Waals surface area contributed by atoms with Gasteiger partial charge < -0.3 is 0 Å². The summed E-state index contributed by atoms with van der Waals surface area (Å²) in [4.78, 5) is 15.5. The molecule has 2 unspecified atom stereocenters. The highest BCUT2D eigenvalue weighted by atomic mass is 32.2. The topological polar surface area (TPSA) is 104 Å². The fraction of sp³-hybridized carbons (Fsp3) is 0.450. The Kier molecular flexibility index (Phi) is 7.21. The third-order valence-corrected chi connectivity index (χ3v) is 9.61. The fourth-order valence-electron chi connectivity index (χ4n) is 3.67. The molecule has 1 aliphatic rings. The lowest BCUT2D eigenvalue weighted by Gasteiger charge is -2.29. The minimum atomic E-state index is -3.81. The molecular formula is C20H27N3O5S3. The van der Waals surface area contributed by atoms with E-state index in [-0.39, 0.29) is 28.9 Å². The first-order chi connectivity index (χ1) is 14.6. The molecule has 0 aliphatic carbocycles. The quantitative estimate of drug-likeness (QED) is 0.585. The summed E-state index contributed by atoms with van der Waals surface area (Å²) in [6.07, 6.45) is 0. The summed E-state index contributed by atoms with van der Waals surface area (Å²) in [5, 5.41) is 1.97. The lowest BCUT2D eigenvalue weighted by molar-refractivity contribution is -0.119. The number of rotatable bonds is 9. The number of carbonyl (C=O) groups excluding carboxylic acids is 1. The third-order valence-electron chi connectivity index (χ3n) is 5.33. The minimum Gasteiger partial charge on any atom is -0.295 e. The molecule has 170 valence electrons. The van der Waals surface area contributed by atoms with Crippen LogP contribution in [0.25, 0.3) is 0 Å². The van der Waals surface area contributed by atoms with Gasteiger partial charge in [0.05, 0.1) is 28.3 Å². The molecule has 31 heavy (non-hydrogen) atoms. The van der Waals surface area contributed by atoms with Gasteiger partial charge in [-0.2, -0.15) is 0 Å². The van der Waals surface area contributed by atoms with E-state index < -0.39 is 31.9 Å². The lowest BCUT2D eigenvalue weighted by atomic mass is 10.2. The summed E-state index contributed by atoms with van der Waals surface area (Å²) in [5.74, 6) is -1.38. The summed E-state index contributed by atoms with van der Waals surface area (Å²) in [7, 11) is -7.55. The van der Waals surface area contributed by atoms with Crippen molar-refractivity contribution in [3.05, 3.63) is 46.7 Å². The standard InChI is InChI=1S/C20H27N3O5S3/c1-4-22(5-2)18(19-7-6-12-29-19)13-21-31(27,28)17-10-8-16(9-11-17)23-20(24)15(3)14-30(23,25)26/h6-12,15,18,21H,4-5,13-14H2,1-3H3. The fourth-order valence-corrected chi connectivity index (χ4v) is 7.39. The molecule has 11 heteroatoms. The van der Waals surface area contributed by atoms with E-state index in [1.165, 1.54) is 24.3 Å². The molecule has 2 atom stereocenters. The van der Waals surface area contributed by atoms with E-state index in [0.29, 0.717) is 0 Å². The zero-order valence-corrected chi connectivity index (χ0v) is 20.1. The van der Waals surface area contributed by atoms with Crippen molar-refractivity contribution < 1.29 is 21.6 Å². The maximum absolute atomic E-state index is 12.9. The first-order valence-electron chi connectivity index (χ1n) is 10.0. The number of amides is 1. The van der Waals surface area contributed by atoms with Crippen molar-refractivity contribution in [3.8, 4) is 0 Å². The van der Waals surface area contributed by atoms with Crippen LogP contribution in [-0.2, 0) is 24.8 Å². The van der Waals surface area contributed by atoms with Crippen LogP contribution < -0.4 is 9.03 Å². The van der Waals surface area contributed by atoms with Gasteiger partial charge in [0, 0.05) is 11.4 Å². The minimum absolute atomic E-state index is 0.0119. The van der Waals surface area contributed by atoms with E-state index in [1.807, 2.05) is 31.4 Å². The van der Waals surface area contributed by atoms with Crippen molar-refractivity contribution in [2.75, 3.05) is 29.7 Å². The number of carbonyl (C=O) groups is 1. The lowest BCUT2D eigenvalue weighted by Crippen LogP contribution is -2.37. The number of thiophene rings is 1. The largest absolute Gasteiger partial charge is 0.295 e. The van der Waals surface area contributed by atoms with Gasteiger partial charge in [0.25, 0.3) is 0 Å². The molecule has 0 radical (unpaired) electrons. The van der Waals surface area contributed by atoms with Crippen molar-refractivity contribution >= 4 is 43.0 Å². The predicted octanol–water partition coefficient (Wildman–Crippen LogP) is 2.42. The summed E-state index contributed by atoms with van der Waals surface area (Å²) < 4.78 is 53.6. The second-order valence-electron chi connectivity index (χ2n) is 7.38. The predicted molar refractivity (Wildman–Crippen MR) is 122 cm³/mol. The molecule has 8 nitrogen and oxygen atoms in total. The molecule has 0 bridgehead atoms. The number of hydrogen-bond acceptors (Lipinski definition) is 7. The highest BCUT2D eigenvalue weighted by Gasteiger charge is 2.42. The Hall–Kier alpha value is -1.79. The zero-order valence-electron chi connectivity index (χ0n) is 17.7. The van der Waals surface area contributed by atoms with Crippen LogP contribution in [0, 0.1) is 5.92 Å². The van der Waals surface area contributed by atoms with E-state index in [0.717, 1.165) is 22.3 Å². The molecule has 1 fully saturated rings. The van der Waals surface area contributed by atoms with E-state index in [1.54, 1.807) is 18.3 Å². The number of nitrogens with one attached hydrogen (secondary N) is 1. The maximum atomic E-state index is 12.9. The molecule has 1 aliphatic heterocycles. The summed E-state index contributed by atoms with van der Waals surface area (Å²) in [5.41, 5.74) is 0.146. The van der Waals surface area contributed by atoms with Crippen LogP contribution >= 0.6 is 11.3 Å². The average Bonchev–Trinajstić information content (AvgIpc) is 3.31. The normalized spacial score (nSPS) is 19.8. The Bertz CT molecular complexity index is 1110. The molecule has 1 N–H and O–H groups in total. The Labute approximate surface area is 188 Å². The van der Waals surface area contributed by atoms with Crippen molar-refractivity contribution in [3.63, 3.8) is 0 Å². The summed E-state index contributed by atoms with van der Waals surface area (Å²) >= 11 is 1.58. The third kappa shape index (κ3) is 5.01. The van der Waals surface area contributed by atoms with Gasteiger partial charge in [0.2, 0.25) is 26.0 Å². The van der Waals surface area contributed by atoms with Crippen molar-refractivity contribution in [2.45, 2.75) is 31.7 Å². The molecule has 3 rings (SSSR count). The Balaban J connectivity index is 1.78. The molecular weight excluding hydrogens is 458 g/mol. The molecule has 2 aromatic rings. The second-order valence-corrected chi connectivity index (χ2v) is 12.0. The number of sulfonamides is 2. The Morgan fingerprint density at radius 2 is 1.84 bits per heavy atom. The van der Waals surface area contributed by atoms with Gasteiger partial charge in [-0.05, 0) is 48.8 Å². The number of benzene rings is 1. The van der Waals surface area contributed by atoms with E-state index in [2.05, 4.69) is 9.62 Å². The van der Waals surface area contributed by atoms with Crippen LogP contribution in [0.2, 0.25) is 0 Å². The number of hydrogen-bond donors (Lipinski definition) is 1. The Morgan fingerprint density at radius 1 is 1.19 bits per heavy atom. The van der Waals surface area contributed by atoms with Gasteiger partial charge in [-0.15, -0.1) is 11.3 Å². The monoisotopic (exact) mass is 485 g/mol. The molecule has 0 spiro atoms. The number of anilines is 1. The van der Waals surface area contributed by atoms with E-state index >= 15 is 0 Å². The van der Waals surface area contributed by atoms with Crippen LogP contribution in [0.15, 0.2) is 46.7 Å². The van der Waals surface area contributed by atoms with E-state index in [9.17, 15) is 21.6 Å². The SMILES string of the molecule is CCN(CC)C(CNS(=O)(=O)c1ccc(N2C(=O)C(C)CS2(=O)=O)cc1)c1cccs1. The molecule has 1 aromatic carbocycles. The number of likely N-dealkylation sites (N-methyl/N-ethyl adjacent to an activating group) is 1. The average molecular weight is 486 g/mol. The van der Waals surface area contributed by atoms with Gasteiger partial charge in [-0.3, -0.25) is 9.69 Å². The van der Waals surface area contributed by atoms with Crippen molar-refractivity contribution in [2.24, 2.45) is 5.92 Å². The summed E-state index contributed by atoms with van der Waals surface area (Å²) in [6.45, 7) is 7.40. The van der Waals surface area contributed by atoms with Crippen LogP contribution in [0.5, 0.6) is 0 Å². The van der Waals surface area contributed by atoms with Crippen molar-refractivity contribution in [1.29, 1.82) is 0 Å². The number of nitrogens with zero attached hydrogens (tertiary/aromatic N) is 2. The highest BCUT2D eigenvalue weighted by molar-refractivity contribution is 7.94.